The van der Waals surface area contributed by atoms with Gasteiger partial charge in [0.2, 0.25) is 0 Å². The molecule has 190 valence electrons. The van der Waals surface area contributed by atoms with Crippen LogP contribution in [-0.2, 0) is 11.3 Å². The molecule has 2 saturated heterocycles. The first-order valence-corrected chi connectivity index (χ1v) is 12.8. The molecule has 3 aliphatic carbocycles. The fourth-order valence-corrected chi connectivity index (χ4v) is 8.32. The summed E-state index contributed by atoms with van der Waals surface area (Å²) in [7, 11) is 3.62. The molecule has 0 radical (unpaired) electrons. The average molecular weight is 486 g/mol. The van der Waals surface area contributed by atoms with Gasteiger partial charge in [0.1, 0.15) is 17.8 Å². The first-order chi connectivity index (χ1) is 16.5. The summed E-state index contributed by atoms with van der Waals surface area (Å²) < 4.78 is 23.8. The third-order valence-corrected chi connectivity index (χ3v) is 10.2. The van der Waals surface area contributed by atoms with Crippen molar-refractivity contribution >= 4 is 5.57 Å². The Kier molecular flexibility index (Phi) is 5.07. The van der Waals surface area contributed by atoms with Crippen LogP contribution in [0.15, 0.2) is 42.0 Å². The van der Waals surface area contributed by atoms with Crippen molar-refractivity contribution in [3.8, 4) is 0 Å². The number of hydrogen-bond acceptors (Lipinski definition) is 6. The normalized spacial score (nSPS) is 48.2. The van der Waals surface area contributed by atoms with Gasteiger partial charge in [-0.05, 0) is 68.5 Å². The Balaban J connectivity index is 1.43. The minimum atomic E-state index is -2.46. The molecule has 2 aliphatic heterocycles. The van der Waals surface area contributed by atoms with E-state index in [-0.39, 0.29) is 24.4 Å². The number of nitrogens with zero attached hydrogens (tertiary/aromatic N) is 1. The smallest absolute Gasteiger partial charge is 0.197 e. The van der Waals surface area contributed by atoms with Gasteiger partial charge in [0.25, 0.3) is 0 Å². The van der Waals surface area contributed by atoms with Crippen LogP contribution in [0.4, 0.5) is 4.39 Å². The van der Waals surface area contributed by atoms with Gasteiger partial charge in [-0.3, -0.25) is 0 Å². The van der Waals surface area contributed by atoms with Crippen molar-refractivity contribution in [1.82, 2.24) is 4.90 Å². The minimum absolute atomic E-state index is 0.00170. The highest BCUT2D eigenvalue weighted by atomic mass is 19.1. The van der Waals surface area contributed by atoms with E-state index in [2.05, 4.69) is 13.0 Å². The molecule has 2 heterocycles. The number of benzene rings is 1. The molecule has 6 rings (SSSR count). The summed E-state index contributed by atoms with van der Waals surface area (Å²) in [6, 6.07) is 7.49. The Labute approximate surface area is 205 Å². The molecule has 1 saturated carbocycles. The SMILES string of the molecule is CN(C)C1CC23CCC4(O2)C(=CCC2(C)C(c5ccc(CO)cc5)=CCC24)C(O)C3(F)C(O)C1O. The highest BCUT2D eigenvalue weighted by molar-refractivity contribution is 5.74. The molecule has 1 aromatic rings. The summed E-state index contributed by atoms with van der Waals surface area (Å²) in [5.41, 5.74) is -1.15. The number of aliphatic hydroxyl groups excluding tert-OH is 4. The predicted octanol–water partition coefficient (Wildman–Crippen LogP) is 2.35. The molecule has 1 aromatic carbocycles. The zero-order valence-corrected chi connectivity index (χ0v) is 20.6. The van der Waals surface area contributed by atoms with Gasteiger partial charge in [0.05, 0.1) is 18.3 Å². The molecule has 2 bridgehead atoms. The summed E-state index contributed by atoms with van der Waals surface area (Å²) in [6.45, 7) is 2.24. The summed E-state index contributed by atoms with van der Waals surface area (Å²) in [6.07, 6.45) is 2.18. The number of ether oxygens (including phenoxy) is 1. The van der Waals surface area contributed by atoms with Crippen LogP contribution in [0.1, 0.15) is 50.2 Å². The molecular weight excluding hydrogens is 449 g/mol. The number of hydrogen-bond donors (Lipinski definition) is 4. The maximum absolute atomic E-state index is 16.9. The van der Waals surface area contributed by atoms with Crippen LogP contribution in [0.3, 0.4) is 0 Å². The highest BCUT2D eigenvalue weighted by Gasteiger charge is 2.79. The van der Waals surface area contributed by atoms with Crippen LogP contribution in [-0.4, -0.2) is 80.6 Å². The monoisotopic (exact) mass is 485 g/mol. The maximum Gasteiger partial charge on any atom is 0.197 e. The number of rotatable bonds is 3. The zero-order chi connectivity index (χ0) is 25.0. The maximum atomic E-state index is 16.9. The Morgan fingerprint density at radius 3 is 2.46 bits per heavy atom. The molecule has 0 aromatic heterocycles. The average Bonchev–Trinajstić information content (AvgIpc) is 3.38. The van der Waals surface area contributed by atoms with Gasteiger partial charge in [0, 0.05) is 17.4 Å². The van der Waals surface area contributed by atoms with Gasteiger partial charge in [-0.1, -0.05) is 43.3 Å². The van der Waals surface area contributed by atoms with E-state index in [0.29, 0.717) is 24.8 Å². The van der Waals surface area contributed by atoms with Crippen LogP contribution in [0.2, 0.25) is 0 Å². The van der Waals surface area contributed by atoms with Crippen molar-refractivity contribution < 1.29 is 29.6 Å². The van der Waals surface area contributed by atoms with Gasteiger partial charge in [-0.2, -0.15) is 0 Å². The predicted molar refractivity (Wildman–Crippen MR) is 129 cm³/mol. The summed E-state index contributed by atoms with van der Waals surface area (Å²) in [5.74, 6) is 0.0305. The standard InChI is InChI=1S/C28H36FNO5/c1-25-11-10-19-23(33)28(29)24(34)22(32)20(30(2)3)14-26(28)12-13-27(19,35-26)21(25)9-8-18(25)17-6-4-16(15-31)5-7-17/h4-8,10,20-24,31-34H,9,11-15H2,1-3H3. The van der Waals surface area contributed by atoms with Crippen molar-refractivity contribution in [2.75, 3.05) is 14.1 Å². The van der Waals surface area contributed by atoms with Gasteiger partial charge in [0.15, 0.2) is 5.67 Å². The topological polar surface area (TPSA) is 93.4 Å². The molecular formula is C28H36FNO5. The molecule has 6 nitrogen and oxygen atoms in total. The molecule has 9 atom stereocenters. The van der Waals surface area contributed by atoms with Crippen LogP contribution < -0.4 is 0 Å². The number of allylic oxidation sites excluding steroid dienone is 3. The fourth-order valence-electron chi connectivity index (χ4n) is 8.32. The van der Waals surface area contributed by atoms with Gasteiger partial charge in [-0.15, -0.1) is 0 Å². The Morgan fingerprint density at radius 2 is 1.80 bits per heavy atom. The van der Waals surface area contributed by atoms with E-state index in [0.717, 1.165) is 17.5 Å². The first-order valence-electron chi connectivity index (χ1n) is 12.8. The van der Waals surface area contributed by atoms with E-state index < -0.39 is 41.2 Å². The Hall–Kier alpha value is -1.61. The van der Waals surface area contributed by atoms with Crippen molar-refractivity contribution in [3.05, 3.63) is 53.1 Å². The van der Waals surface area contributed by atoms with E-state index in [1.54, 1.807) is 0 Å². The van der Waals surface area contributed by atoms with E-state index in [1.807, 2.05) is 49.3 Å². The quantitative estimate of drug-likeness (QED) is 0.491. The van der Waals surface area contributed by atoms with Gasteiger partial charge >= 0.3 is 0 Å². The van der Waals surface area contributed by atoms with Crippen LogP contribution in [0.25, 0.3) is 5.57 Å². The van der Waals surface area contributed by atoms with E-state index in [1.165, 1.54) is 5.57 Å². The molecule has 35 heavy (non-hydrogen) atoms. The number of halogens is 1. The Morgan fingerprint density at radius 1 is 1.09 bits per heavy atom. The lowest BCUT2D eigenvalue weighted by molar-refractivity contribution is -0.308. The van der Waals surface area contributed by atoms with Gasteiger partial charge in [-0.25, -0.2) is 4.39 Å². The van der Waals surface area contributed by atoms with Crippen LogP contribution >= 0.6 is 0 Å². The Bertz CT molecular complexity index is 1100. The number of aliphatic hydroxyl groups is 4. The minimum Gasteiger partial charge on any atom is -0.392 e. The van der Waals surface area contributed by atoms with Gasteiger partial charge < -0.3 is 30.1 Å². The third kappa shape index (κ3) is 2.75. The van der Waals surface area contributed by atoms with Crippen LogP contribution in [0, 0.1) is 11.3 Å². The second kappa shape index (κ2) is 7.46. The van der Waals surface area contributed by atoms with Crippen molar-refractivity contribution in [2.45, 2.75) is 86.9 Å². The summed E-state index contributed by atoms with van der Waals surface area (Å²) in [4.78, 5) is 1.81. The van der Waals surface area contributed by atoms with Crippen molar-refractivity contribution in [3.63, 3.8) is 0 Å². The molecule has 7 heteroatoms. The molecule has 0 amide bonds. The van der Waals surface area contributed by atoms with Crippen molar-refractivity contribution in [2.24, 2.45) is 11.3 Å². The molecule has 4 N–H and O–H groups in total. The second-order valence-electron chi connectivity index (χ2n) is 11.9. The van der Waals surface area contributed by atoms with Crippen molar-refractivity contribution in [1.29, 1.82) is 0 Å². The summed E-state index contributed by atoms with van der Waals surface area (Å²) >= 11 is 0. The summed E-state index contributed by atoms with van der Waals surface area (Å²) in [5, 5.41) is 42.8. The van der Waals surface area contributed by atoms with E-state index in [9.17, 15) is 20.4 Å². The molecule has 9 unspecified atom stereocenters. The largest absolute Gasteiger partial charge is 0.392 e. The lowest BCUT2D eigenvalue weighted by Gasteiger charge is -2.62. The molecule has 2 spiro atoms. The lowest BCUT2D eigenvalue weighted by atomic mass is 9.55. The van der Waals surface area contributed by atoms with E-state index in [4.69, 9.17) is 4.74 Å². The van der Waals surface area contributed by atoms with E-state index >= 15 is 4.39 Å². The highest BCUT2D eigenvalue weighted by Crippen LogP contribution is 2.70. The third-order valence-electron chi connectivity index (χ3n) is 10.2. The number of alkyl halides is 1. The van der Waals surface area contributed by atoms with Crippen LogP contribution in [0.5, 0.6) is 0 Å². The molecule has 5 aliphatic rings. The number of fused-ring (bicyclic) bond motifs is 1. The number of likely N-dealkylation sites (N-methyl/N-ethyl adjacent to an activating group) is 1. The fraction of sp³-hybridized carbons (Fsp3) is 0.643. The molecule has 3 fully saturated rings. The zero-order valence-electron chi connectivity index (χ0n) is 20.6. The lowest BCUT2D eigenvalue weighted by Crippen LogP contribution is -2.78. The second-order valence-corrected chi connectivity index (χ2v) is 11.9. The first kappa shape index (κ1) is 23.8.